The Bertz CT molecular complexity index is 509. The Morgan fingerprint density at radius 1 is 1.58 bits per heavy atom. The summed E-state index contributed by atoms with van der Waals surface area (Å²) in [7, 11) is 0. The van der Waals surface area contributed by atoms with E-state index in [9.17, 15) is 10.1 Å². The number of hydrogen-bond donors (Lipinski definition) is 0. The molecule has 1 aliphatic carbocycles. The number of ether oxygens (including phenoxy) is 1. The van der Waals surface area contributed by atoms with Gasteiger partial charge in [0.15, 0.2) is 5.75 Å². The van der Waals surface area contributed by atoms with Crippen LogP contribution in [0, 0.1) is 15.5 Å². The summed E-state index contributed by atoms with van der Waals surface area (Å²) >= 11 is 6.87. The molecule has 6 heteroatoms. The van der Waals surface area contributed by atoms with E-state index in [1.165, 1.54) is 6.07 Å². The number of rotatable bonds is 4. The largest absolute Gasteiger partial charge is 0.483 e. The second-order valence-corrected chi connectivity index (χ2v) is 7.06. The predicted molar refractivity (Wildman–Crippen MR) is 80.9 cm³/mol. The first-order valence-electron chi connectivity index (χ1n) is 6.13. The minimum Gasteiger partial charge on any atom is -0.483 e. The van der Waals surface area contributed by atoms with E-state index in [4.69, 9.17) is 4.74 Å². The molecule has 1 saturated carbocycles. The minimum atomic E-state index is -0.409. The molecule has 1 fully saturated rings. The van der Waals surface area contributed by atoms with Crippen molar-refractivity contribution in [1.29, 1.82) is 0 Å². The van der Waals surface area contributed by atoms with Gasteiger partial charge in [-0.05, 0) is 25.0 Å². The van der Waals surface area contributed by atoms with Gasteiger partial charge < -0.3 is 4.74 Å². The van der Waals surface area contributed by atoms with Crippen LogP contribution in [0.1, 0.15) is 26.7 Å². The van der Waals surface area contributed by atoms with Crippen molar-refractivity contribution in [2.45, 2.75) is 37.6 Å². The second kappa shape index (κ2) is 5.40. The normalized spacial score (nSPS) is 29.7. The van der Waals surface area contributed by atoms with E-state index in [1.807, 2.05) is 0 Å². The highest BCUT2D eigenvalue weighted by Crippen LogP contribution is 2.50. The molecule has 3 atom stereocenters. The second-order valence-electron chi connectivity index (χ2n) is 5.04. The monoisotopic (exact) mass is 391 g/mol. The highest BCUT2D eigenvalue weighted by atomic mass is 79.9. The molecule has 0 spiro atoms. The van der Waals surface area contributed by atoms with E-state index in [2.05, 4.69) is 45.7 Å². The number of benzene rings is 1. The van der Waals surface area contributed by atoms with Gasteiger partial charge in [-0.2, -0.15) is 0 Å². The highest BCUT2D eigenvalue weighted by molar-refractivity contribution is 9.10. The van der Waals surface area contributed by atoms with Crippen molar-refractivity contribution in [3.63, 3.8) is 0 Å². The van der Waals surface area contributed by atoms with Gasteiger partial charge in [0.1, 0.15) is 6.10 Å². The van der Waals surface area contributed by atoms with Gasteiger partial charge in [-0.3, -0.25) is 10.1 Å². The lowest BCUT2D eigenvalue weighted by molar-refractivity contribution is -0.386. The molecule has 0 heterocycles. The summed E-state index contributed by atoms with van der Waals surface area (Å²) in [5.41, 5.74) is 0.0341. The third-order valence-corrected chi connectivity index (χ3v) is 5.93. The molecule has 1 aliphatic rings. The zero-order valence-corrected chi connectivity index (χ0v) is 13.9. The Morgan fingerprint density at radius 3 is 2.79 bits per heavy atom. The van der Waals surface area contributed by atoms with Crippen molar-refractivity contribution in [2.24, 2.45) is 5.41 Å². The third kappa shape index (κ3) is 2.65. The molecule has 2 rings (SSSR count). The van der Waals surface area contributed by atoms with Crippen LogP contribution in [0.15, 0.2) is 22.7 Å². The lowest BCUT2D eigenvalue weighted by atomic mass is 9.65. The Balaban J connectivity index is 2.23. The van der Waals surface area contributed by atoms with Gasteiger partial charge in [0.2, 0.25) is 0 Å². The molecule has 3 unspecified atom stereocenters. The average Bonchev–Trinajstić information content (AvgIpc) is 2.38. The van der Waals surface area contributed by atoms with Crippen molar-refractivity contribution in [2.75, 3.05) is 0 Å². The first-order chi connectivity index (χ1) is 8.88. The highest BCUT2D eigenvalue weighted by Gasteiger charge is 2.51. The van der Waals surface area contributed by atoms with Crippen LogP contribution in [0.3, 0.4) is 0 Å². The van der Waals surface area contributed by atoms with Crippen LogP contribution in [0.4, 0.5) is 5.69 Å². The Kier molecular flexibility index (Phi) is 4.20. The number of nitro groups is 1. The number of hydrogen-bond acceptors (Lipinski definition) is 3. The maximum Gasteiger partial charge on any atom is 0.312 e. The fourth-order valence-corrected chi connectivity index (χ4v) is 3.59. The predicted octanol–water partition coefficient (Wildman–Crippen LogP) is 4.69. The first-order valence-corrected chi connectivity index (χ1v) is 7.84. The van der Waals surface area contributed by atoms with Crippen LogP contribution >= 0.6 is 31.9 Å². The lowest BCUT2D eigenvalue weighted by Crippen LogP contribution is -2.54. The average molecular weight is 393 g/mol. The van der Waals surface area contributed by atoms with E-state index in [1.54, 1.807) is 12.1 Å². The number of nitrogens with zero attached hydrogens (tertiary/aromatic N) is 1. The lowest BCUT2D eigenvalue weighted by Gasteiger charge is -2.50. The molecule has 1 aromatic rings. The Hall–Kier alpha value is -0.620. The molecular weight excluding hydrogens is 378 g/mol. The van der Waals surface area contributed by atoms with Crippen LogP contribution in [0.2, 0.25) is 0 Å². The molecule has 0 amide bonds. The summed E-state index contributed by atoms with van der Waals surface area (Å²) in [6.45, 7) is 4.26. The molecule has 4 nitrogen and oxygen atoms in total. The topological polar surface area (TPSA) is 52.4 Å². The zero-order valence-electron chi connectivity index (χ0n) is 10.7. The summed E-state index contributed by atoms with van der Waals surface area (Å²) < 4.78 is 6.56. The van der Waals surface area contributed by atoms with E-state index >= 15 is 0 Å². The summed E-state index contributed by atoms with van der Waals surface area (Å²) in [6, 6.07) is 4.89. The smallest absolute Gasteiger partial charge is 0.312 e. The van der Waals surface area contributed by atoms with Crippen molar-refractivity contribution in [3.05, 3.63) is 32.8 Å². The van der Waals surface area contributed by atoms with Crippen LogP contribution in [-0.2, 0) is 0 Å². The summed E-state index contributed by atoms with van der Waals surface area (Å²) in [6.07, 6.45) is 1.86. The summed E-state index contributed by atoms with van der Waals surface area (Å²) in [5.74, 6) is 0.345. The zero-order chi connectivity index (χ0) is 14.2. The van der Waals surface area contributed by atoms with Crippen molar-refractivity contribution in [1.82, 2.24) is 0 Å². The summed E-state index contributed by atoms with van der Waals surface area (Å²) in [5, 5.41) is 11.1. The van der Waals surface area contributed by atoms with Gasteiger partial charge in [-0.15, -0.1) is 0 Å². The van der Waals surface area contributed by atoms with Crippen molar-refractivity contribution in [3.8, 4) is 5.75 Å². The molecule has 0 N–H and O–H groups in total. The van der Waals surface area contributed by atoms with Gasteiger partial charge in [0, 0.05) is 20.8 Å². The van der Waals surface area contributed by atoms with Gasteiger partial charge in [0.05, 0.1) is 4.92 Å². The van der Waals surface area contributed by atoms with E-state index < -0.39 is 4.92 Å². The molecule has 0 aromatic heterocycles. The Morgan fingerprint density at radius 2 is 2.26 bits per heavy atom. The van der Waals surface area contributed by atoms with Crippen LogP contribution in [0.5, 0.6) is 5.75 Å². The molecular formula is C13H15Br2NO3. The van der Waals surface area contributed by atoms with Crippen molar-refractivity contribution >= 4 is 37.5 Å². The molecule has 0 bridgehead atoms. The van der Waals surface area contributed by atoms with Gasteiger partial charge >= 0.3 is 5.69 Å². The van der Waals surface area contributed by atoms with Crippen LogP contribution < -0.4 is 4.74 Å². The molecule has 0 radical (unpaired) electrons. The molecule has 19 heavy (non-hydrogen) atoms. The minimum absolute atomic E-state index is 0.00542. The van der Waals surface area contributed by atoms with Crippen LogP contribution in [-0.4, -0.2) is 15.9 Å². The summed E-state index contributed by atoms with van der Waals surface area (Å²) in [4.78, 5) is 11.1. The first kappa shape index (κ1) is 14.8. The van der Waals surface area contributed by atoms with Crippen molar-refractivity contribution < 1.29 is 9.66 Å². The van der Waals surface area contributed by atoms with Gasteiger partial charge in [-0.1, -0.05) is 45.7 Å². The quantitative estimate of drug-likeness (QED) is 0.424. The standard InChI is InChI=1S/C13H15Br2NO3/c1-3-13(2)11(15)7-12(13)19-10-5-4-8(14)6-9(10)16(17)18/h4-6,11-12H,3,7H2,1-2H3. The molecule has 104 valence electrons. The number of alkyl halides is 1. The molecule has 0 aliphatic heterocycles. The number of halogens is 2. The number of nitro benzene ring substituents is 1. The van der Waals surface area contributed by atoms with Gasteiger partial charge in [0.25, 0.3) is 0 Å². The third-order valence-electron chi connectivity index (χ3n) is 4.02. The SMILES string of the molecule is CCC1(C)C(Br)CC1Oc1ccc(Br)cc1[N+](=O)[O-]. The van der Waals surface area contributed by atoms with E-state index in [0.29, 0.717) is 15.0 Å². The van der Waals surface area contributed by atoms with E-state index in [-0.39, 0.29) is 17.2 Å². The van der Waals surface area contributed by atoms with E-state index in [0.717, 1.165) is 12.8 Å². The van der Waals surface area contributed by atoms with Gasteiger partial charge in [-0.25, -0.2) is 0 Å². The van der Waals surface area contributed by atoms with Crippen LogP contribution in [0.25, 0.3) is 0 Å². The maximum absolute atomic E-state index is 11.1. The molecule has 0 saturated heterocycles. The Labute approximate surface area is 128 Å². The molecule has 1 aromatic carbocycles. The maximum atomic E-state index is 11.1. The fraction of sp³-hybridized carbons (Fsp3) is 0.538. The fourth-order valence-electron chi connectivity index (χ4n) is 2.29.